The van der Waals surface area contributed by atoms with Crippen molar-refractivity contribution in [2.75, 3.05) is 6.61 Å². The van der Waals surface area contributed by atoms with E-state index in [2.05, 4.69) is 11.1 Å². The molecular weight excluding hydrogens is 188 g/mol. The van der Waals surface area contributed by atoms with E-state index in [9.17, 15) is 0 Å². The molecule has 74 valence electrons. The summed E-state index contributed by atoms with van der Waals surface area (Å²) in [5, 5.41) is 12.3. The van der Waals surface area contributed by atoms with Gasteiger partial charge in [0.25, 0.3) is 0 Å². The average molecular weight is 198 g/mol. The SMILES string of the molecule is C#CCCON=Cc1ccc(C#N)cc1. The third kappa shape index (κ3) is 3.97. The first kappa shape index (κ1) is 10.8. The van der Waals surface area contributed by atoms with Crippen molar-refractivity contribution in [3.05, 3.63) is 35.4 Å². The summed E-state index contributed by atoms with van der Waals surface area (Å²) in [7, 11) is 0. The van der Waals surface area contributed by atoms with Gasteiger partial charge in [0.15, 0.2) is 0 Å². The molecule has 0 aliphatic heterocycles. The number of benzene rings is 1. The fourth-order valence-corrected chi connectivity index (χ4v) is 0.899. The first-order chi connectivity index (χ1) is 7.36. The highest BCUT2D eigenvalue weighted by molar-refractivity contribution is 5.79. The molecule has 3 nitrogen and oxygen atoms in total. The maximum Gasteiger partial charge on any atom is 0.128 e. The molecule has 0 spiro atoms. The molecule has 1 aromatic carbocycles. The second-order valence-electron chi connectivity index (χ2n) is 2.76. The summed E-state index contributed by atoms with van der Waals surface area (Å²) >= 11 is 0. The van der Waals surface area contributed by atoms with Crippen molar-refractivity contribution >= 4 is 6.21 Å². The number of hydrogen-bond acceptors (Lipinski definition) is 3. The zero-order chi connectivity index (χ0) is 10.9. The zero-order valence-corrected chi connectivity index (χ0v) is 8.18. The summed E-state index contributed by atoms with van der Waals surface area (Å²) < 4.78 is 0. The normalized spacial score (nSPS) is 9.47. The molecule has 3 heteroatoms. The van der Waals surface area contributed by atoms with E-state index in [1.54, 1.807) is 30.5 Å². The largest absolute Gasteiger partial charge is 0.395 e. The smallest absolute Gasteiger partial charge is 0.128 e. The fourth-order valence-electron chi connectivity index (χ4n) is 0.899. The molecule has 0 bridgehead atoms. The van der Waals surface area contributed by atoms with Crippen LogP contribution in [0.2, 0.25) is 0 Å². The summed E-state index contributed by atoms with van der Waals surface area (Å²) in [6.07, 6.45) is 7.17. The Morgan fingerprint density at radius 3 is 2.73 bits per heavy atom. The lowest BCUT2D eigenvalue weighted by Gasteiger charge is -1.94. The van der Waals surface area contributed by atoms with E-state index in [1.807, 2.05) is 6.07 Å². The Morgan fingerprint density at radius 2 is 2.13 bits per heavy atom. The monoisotopic (exact) mass is 198 g/mol. The minimum Gasteiger partial charge on any atom is -0.395 e. The Kier molecular flexibility index (Phi) is 4.50. The highest BCUT2D eigenvalue weighted by Gasteiger charge is 1.89. The molecule has 0 saturated carbocycles. The molecule has 0 aromatic heterocycles. The van der Waals surface area contributed by atoms with Gasteiger partial charge in [-0.15, -0.1) is 12.3 Å². The molecule has 0 saturated heterocycles. The average Bonchev–Trinajstić information content (AvgIpc) is 2.30. The van der Waals surface area contributed by atoms with E-state index >= 15 is 0 Å². The number of terminal acetylenes is 1. The second-order valence-corrected chi connectivity index (χ2v) is 2.76. The highest BCUT2D eigenvalue weighted by Crippen LogP contribution is 2.00. The molecule has 1 aromatic rings. The topological polar surface area (TPSA) is 45.4 Å². The van der Waals surface area contributed by atoms with Crippen molar-refractivity contribution in [2.45, 2.75) is 6.42 Å². The van der Waals surface area contributed by atoms with Crippen LogP contribution in [-0.2, 0) is 4.84 Å². The first-order valence-electron chi connectivity index (χ1n) is 4.46. The molecule has 0 amide bonds. The minimum absolute atomic E-state index is 0.420. The van der Waals surface area contributed by atoms with E-state index in [0.717, 1.165) is 5.56 Å². The lowest BCUT2D eigenvalue weighted by molar-refractivity contribution is 0.152. The number of oxime groups is 1. The predicted octanol–water partition coefficient (Wildman–Crippen LogP) is 1.93. The van der Waals surface area contributed by atoms with Crippen molar-refractivity contribution in [1.82, 2.24) is 0 Å². The highest BCUT2D eigenvalue weighted by atomic mass is 16.6. The van der Waals surface area contributed by atoms with Gasteiger partial charge in [-0.2, -0.15) is 5.26 Å². The van der Waals surface area contributed by atoms with Crippen molar-refractivity contribution in [2.24, 2.45) is 5.16 Å². The van der Waals surface area contributed by atoms with Gasteiger partial charge in [-0.1, -0.05) is 17.3 Å². The molecule has 0 heterocycles. The summed E-state index contributed by atoms with van der Waals surface area (Å²) in [6.45, 7) is 0.420. The van der Waals surface area contributed by atoms with Crippen LogP contribution >= 0.6 is 0 Å². The van der Waals surface area contributed by atoms with E-state index in [-0.39, 0.29) is 0 Å². The summed E-state index contributed by atoms with van der Waals surface area (Å²) in [5.41, 5.74) is 1.51. The molecule has 0 unspecified atom stereocenters. The number of nitriles is 1. The van der Waals surface area contributed by atoms with Gasteiger partial charge >= 0.3 is 0 Å². The molecule has 0 fully saturated rings. The Bertz CT molecular complexity index is 407. The Morgan fingerprint density at radius 1 is 1.40 bits per heavy atom. The summed E-state index contributed by atoms with van der Waals surface area (Å²) in [5.74, 6) is 2.45. The van der Waals surface area contributed by atoms with Gasteiger partial charge in [-0.3, -0.25) is 0 Å². The Hall–Kier alpha value is -2.26. The van der Waals surface area contributed by atoms with Gasteiger partial charge in [0.05, 0.1) is 17.8 Å². The molecule has 15 heavy (non-hydrogen) atoms. The minimum atomic E-state index is 0.420. The van der Waals surface area contributed by atoms with Crippen LogP contribution in [-0.4, -0.2) is 12.8 Å². The first-order valence-corrected chi connectivity index (χ1v) is 4.46. The van der Waals surface area contributed by atoms with E-state index in [4.69, 9.17) is 16.5 Å². The van der Waals surface area contributed by atoms with Gasteiger partial charge in [-0.05, 0) is 17.7 Å². The van der Waals surface area contributed by atoms with Crippen LogP contribution in [0.4, 0.5) is 0 Å². The van der Waals surface area contributed by atoms with Crippen LogP contribution < -0.4 is 0 Å². The van der Waals surface area contributed by atoms with Gasteiger partial charge < -0.3 is 4.84 Å². The van der Waals surface area contributed by atoms with Crippen molar-refractivity contribution < 1.29 is 4.84 Å². The van der Waals surface area contributed by atoms with Crippen LogP contribution in [0.15, 0.2) is 29.4 Å². The number of hydrogen-bond donors (Lipinski definition) is 0. The van der Waals surface area contributed by atoms with E-state index < -0.39 is 0 Å². The maximum absolute atomic E-state index is 8.57. The van der Waals surface area contributed by atoms with E-state index in [0.29, 0.717) is 18.6 Å². The van der Waals surface area contributed by atoms with Gasteiger partial charge in [0, 0.05) is 6.42 Å². The molecular formula is C12H10N2O. The lowest BCUT2D eigenvalue weighted by atomic mass is 10.2. The van der Waals surface area contributed by atoms with Crippen LogP contribution in [0.5, 0.6) is 0 Å². The maximum atomic E-state index is 8.57. The van der Waals surface area contributed by atoms with Crippen LogP contribution in [0.3, 0.4) is 0 Å². The zero-order valence-electron chi connectivity index (χ0n) is 8.18. The van der Waals surface area contributed by atoms with Crippen LogP contribution in [0.1, 0.15) is 17.5 Å². The Balaban J connectivity index is 2.44. The Labute approximate surface area is 89.0 Å². The molecule has 1 rings (SSSR count). The molecule has 0 aliphatic rings. The van der Waals surface area contributed by atoms with Crippen molar-refractivity contribution in [3.8, 4) is 18.4 Å². The summed E-state index contributed by atoms with van der Waals surface area (Å²) in [4.78, 5) is 4.90. The molecule has 0 radical (unpaired) electrons. The molecule has 0 atom stereocenters. The quantitative estimate of drug-likeness (QED) is 0.321. The predicted molar refractivity (Wildman–Crippen MR) is 58.2 cm³/mol. The summed E-state index contributed by atoms with van der Waals surface area (Å²) in [6, 6.07) is 9.09. The van der Waals surface area contributed by atoms with E-state index in [1.165, 1.54) is 0 Å². The van der Waals surface area contributed by atoms with Gasteiger partial charge in [0.2, 0.25) is 0 Å². The molecule has 0 N–H and O–H groups in total. The van der Waals surface area contributed by atoms with Crippen LogP contribution in [0.25, 0.3) is 0 Å². The van der Waals surface area contributed by atoms with Gasteiger partial charge in [-0.25, -0.2) is 0 Å². The van der Waals surface area contributed by atoms with Crippen LogP contribution in [0, 0.1) is 23.7 Å². The van der Waals surface area contributed by atoms with Crippen molar-refractivity contribution in [1.29, 1.82) is 5.26 Å². The van der Waals surface area contributed by atoms with Crippen molar-refractivity contribution in [3.63, 3.8) is 0 Å². The fraction of sp³-hybridized carbons (Fsp3) is 0.167. The number of nitrogens with zero attached hydrogens (tertiary/aromatic N) is 2. The molecule has 0 aliphatic carbocycles. The lowest BCUT2D eigenvalue weighted by Crippen LogP contribution is -1.87. The third-order valence-corrected chi connectivity index (χ3v) is 1.65. The van der Waals surface area contributed by atoms with Gasteiger partial charge in [0.1, 0.15) is 6.61 Å². The standard InChI is InChI=1S/C12H10N2O/c1-2-3-8-15-14-10-12-6-4-11(9-13)5-7-12/h1,4-7,10H,3,8H2. The second kappa shape index (κ2) is 6.23. The third-order valence-electron chi connectivity index (χ3n) is 1.65. The number of rotatable bonds is 4.